The van der Waals surface area contributed by atoms with Crippen LogP contribution in [0.3, 0.4) is 0 Å². The normalized spacial score (nSPS) is 15.2. The molecule has 0 saturated carbocycles. The number of nitrogens with one attached hydrogen (secondary N) is 1. The first kappa shape index (κ1) is 21.4. The Morgan fingerprint density at radius 3 is 2.66 bits per heavy atom. The van der Waals surface area contributed by atoms with Gasteiger partial charge in [-0.1, -0.05) is 12.1 Å². The van der Waals surface area contributed by atoms with Crippen LogP contribution in [0.1, 0.15) is 36.2 Å². The van der Waals surface area contributed by atoms with Gasteiger partial charge in [-0.3, -0.25) is 9.59 Å². The number of benzene rings is 1. The van der Waals surface area contributed by atoms with Gasteiger partial charge in [0.05, 0.1) is 22.9 Å². The lowest BCUT2D eigenvalue weighted by atomic mass is 9.99. The van der Waals surface area contributed by atoms with Gasteiger partial charge in [0, 0.05) is 28.7 Å². The van der Waals surface area contributed by atoms with Crippen molar-refractivity contribution in [2.75, 3.05) is 16.8 Å². The van der Waals surface area contributed by atoms with E-state index in [1.807, 2.05) is 0 Å². The molecule has 1 aromatic carbocycles. The fourth-order valence-corrected chi connectivity index (χ4v) is 3.65. The smallest absolute Gasteiger partial charge is 0.263 e. The number of pyridine rings is 1. The standard InChI is InChI=1S/C22H18F3N5O2/c1-11-7-16-18(21(25)28-11)15-8-26-10-27-19(15)12(2)22(32)30(16)9-17(31)29-14-5-3-13(4-6-14)20(23)24/h3-8,10,12,20H,9H2,1-2H3,(H,29,31)/t12-/m0/s1. The number of aryl methyl sites for hydroxylation is 1. The van der Waals surface area contributed by atoms with E-state index in [1.165, 1.54) is 47.8 Å². The highest BCUT2D eigenvalue weighted by atomic mass is 19.3. The summed E-state index contributed by atoms with van der Waals surface area (Å²) in [6.07, 6.45) is 0.0656. The number of amides is 2. The van der Waals surface area contributed by atoms with Crippen LogP contribution in [0.4, 0.5) is 24.5 Å². The highest BCUT2D eigenvalue weighted by Crippen LogP contribution is 2.41. The van der Waals surface area contributed by atoms with Gasteiger partial charge in [-0.05, 0) is 32.0 Å². The lowest BCUT2D eigenvalue weighted by Gasteiger charge is -2.24. The predicted molar refractivity (Wildman–Crippen MR) is 111 cm³/mol. The van der Waals surface area contributed by atoms with E-state index in [0.29, 0.717) is 22.6 Å². The van der Waals surface area contributed by atoms with Gasteiger partial charge >= 0.3 is 0 Å². The van der Waals surface area contributed by atoms with Crippen LogP contribution in [0.2, 0.25) is 0 Å². The molecule has 2 aromatic heterocycles. The summed E-state index contributed by atoms with van der Waals surface area (Å²) < 4.78 is 40.4. The second-order valence-corrected chi connectivity index (χ2v) is 7.39. The molecule has 0 unspecified atom stereocenters. The summed E-state index contributed by atoms with van der Waals surface area (Å²) in [5, 5.41) is 2.58. The Bertz CT molecular complexity index is 1200. The third-order valence-corrected chi connectivity index (χ3v) is 5.18. The third kappa shape index (κ3) is 3.91. The van der Waals surface area contributed by atoms with Crippen LogP contribution in [0.5, 0.6) is 0 Å². The molecular formula is C22H18F3N5O2. The maximum Gasteiger partial charge on any atom is 0.263 e. The molecule has 3 heterocycles. The molecule has 0 spiro atoms. The summed E-state index contributed by atoms with van der Waals surface area (Å²) in [5.41, 5.74) is 1.34. The Morgan fingerprint density at radius 2 is 1.97 bits per heavy atom. The number of carbonyl (C=O) groups excluding carboxylic acids is 2. The monoisotopic (exact) mass is 441 g/mol. The van der Waals surface area contributed by atoms with Gasteiger partial charge in [-0.25, -0.2) is 23.7 Å². The van der Waals surface area contributed by atoms with Crippen LogP contribution >= 0.6 is 0 Å². The lowest BCUT2D eigenvalue weighted by molar-refractivity contribution is -0.122. The lowest BCUT2D eigenvalue weighted by Crippen LogP contribution is -2.40. The van der Waals surface area contributed by atoms with E-state index in [0.717, 1.165) is 0 Å². The maximum atomic E-state index is 14.9. The molecule has 0 fully saturated rings. The number of anilines is 2. The number of halogens is 3. The number of carbonyl (C=O) groups is 2. The highest BCUT2D eigenvalue weighted by molar-refractivity contribution is 6.09. The largest absolute Gasteiger partial charge is 0.325 e. The molecule has 0 aliphatic carbocycles. The number of hydrogen-bond donors (Lipinski definition) is 1. The second kappa shape index (κ2) is 8.37. The quantitative estimate of drug-likeness (QED) is 0.618. The molecule has 1 N–H and O–H groups in total. The summed E-state index contributed by atoms with van der Waals surface area (Å²) in [7, 11) is 0. The molecule has 0 bridgehead atoms. The average Bonchev–Trinajstić information content (AvgIpc) is 2.84. The predicted octanol–water partition coefficient (Wildman–Crippen LogP) is 4.01. The zero-order chi connectivity index (χ0) is 23.0. The molecule has 1 aliphatic heterocycles. The van der Waals surface area contributed by atoms with Crippen LogP contribution < -0.4 is 10.2 Å². The van der Waals surface area contributed by atoms with E-state index in [1.54, 1.807) is 13.8 Å². The van der Waals surface area contributed by atoms with Crippen molar-refractivity contribution >= 4 is 23.2 Å². The Hall–Kier alpha value is -3.82. The number of hydrogen-bond acceptors (Lipinski definition) is 5. The van der Waals surface area contributed by atoms with E-state index < -0.39 is 36.7 Å². The van der Waals surface area contributed by atoms with Crippen LogP contribution in [-0.2, 0) is 9.59 Å². The fraction of sp³-hybridized carbons (Fsp3) is 0.227. The molecule has 3 aromatic rings. The van der Waals surface area contributed by atoms with E-state index in [2.05, 4.69) is 20.3 Å². The van der Waals surface area contributed by atoms with E-state index in [-0.39, 0.29) is 16.8 Å². The zero-order valence-electron chi connectivity index (χ0n) is 17.1. The molecule has 7 nitrogen and oxygen atoms in total. The Kier molecular flexibility index (Phi) is 5.60. The summed E-state index contributed by atoms with van der Waals surface area (Å²) >= 11 is 0. The molecule has 0 radical (unpaired) electrons. The maximum absolute atomic E-state index is 14.9. The van der Waals surface area contributed by atoms with Crippen molar-refractivity contribution in [3.63, 3.8) is 0 Å². The van der Waals surface area contributed by atoms with E-state index in [4.69, 9.17) is 0 Å². The molecule has 2 amide bonds. The average molecular weight is 441 g/mol. The minimum absolute atomic E-state index is 0.0398. The summed E-state index contributed by atoms with van der Waals surface area (Å²) in [6, 6.07) is 6.62. The second-order valence-electron chi connectivity index (χ2n) is 7.39. The molecule has 164 valence electrons. The Labute approximate surface area is 181 Å². The van der Waals surface area contributed by atoms with Gasteiger partial charge in [-0.2, -0.15) is 4.39 Å². The highest BCUT2D eigenvalue weighted by Gasteiger charge is 2.35. The molecular weight excluding hydrogens is 423 g/mol. The minimum Gasteiger partial charge on any atom is -0.325 e. The van der Waals surface area contributed by atoms with E-state index in [9.17, 15) is 22.8 Å². The van der Waals surface area contributed by atoms with Crippen LogP contribution in [0, 0.1) is 12.9 Å². The number of aromatic nitrogens is 3. The SMILES string of the molecule is Cc1cc2c(c(F)n1)-c1cncnc1[C@H](C)C(=O)N2CC(=O)Nc1ccc(C(F)F)cc1. The number of rotatable bonds is 4. The first-order valence-electron chi connectivity index (χ1n) is 9.73. The van der Waals surface area contributed by atoms with Gasteiger partial charge in [0.25, 0.3) is 6.43 Å². The van der Waals surface area contributed by atoms with E-state index >= 15 is 0 Å². The summed E-state index contributed by atoms with van der Waals surface area (Å²) in [4.78, 5) is 39.1. The van der Waals surface area contributed by atoms with Crippen molar-refractivity contribution in [1.82, 2.24) is 15.0 Å². The van der Waals surface area contributed by atoms with Crippen LogP contribution in [-0.4, -0.2) is 33.3 Å². The summed E-state index contributed by atoms with van der Waals surface area (Å²) in [6.45, 7) is 2.77. The van der Waals surface area contributed by atoms with Gasteiger partial charge < -0.3 is 10.2 Å². The van der Waals surface area contributed by atoms with Crippen molar-refractivity contribution in [2.45, 2.75) is 26.2 Å². The van der Waals surface area contributed by atoms with Crippen molar-refractivity contribution in [3.05, 3.63) is 65.8 Å². The minimum atomic E-state index is -2.62. The topological polar surface area (TPSA) is 88.1 Å². The van der Waals surface area contributed by atoms with Gasteiger partial charge in [-0.15, -0.1) is 0 Å². The molecule has 1 aliphatic rings. The number of alkyl halides is 2. The van der Waals surface area contributed by atoms with Crippen molar-refractivity contribution in [1.29, 1.82) is 0 Å². The third-order valence-electron chi connectivity index (χ3n) is 5.18. The molecule has 1 atom stereocenters. The molecule has 32 heavy (non-hydrogen) atoms. The Morgan fingerprint density at radius 1 is 1.25 bits per heavy atom. The Balaban J connectivity index is 1.69. The van der Waals surface area contributed by atoms with Crippen LogP contribution in [0.15, 0.2) is 42.9 Å². The zero-order valence-corrected chi connectivity index (χ0v) is 17.1. The van der Waals surface area contributed by atoms with Crippen molar-refractivity contribution in [2.24, 2.45) is 0 Å². The fourth-order valence-electron chi connectivity index (χ4n) is 3.65. The van der Waals surface area contributed by atoms with Gasteiger partial charge in [0.2, 0.25) is 17.8 Å². The summed E-state index contributed by atoms with van der Waals surface area (Å²) in [5.74, 6) is -2.59. The first-order chi connectivity index (χ1) is 15.3. The van der Waals surface area contributed by atoms with Gasteiger partial charge in [0.1, 0.15) is 12.9 Å². The number of nitrogens with zero attached hydrogens (tertiary/aromatic N) is 4. The number of fused-ring (bicyclic) bond motifs is 3. The van der Waals surface area contributed by atoms with Crippen LogP contribution in [0.25, 0.3) is 11.1 Å². The molecule has 4 rings (SSSR count). The van der Waals surface area contributed by atoms with Crippen molar-refractivity contribution < 1.29 is 22.8 Å². The first-order valence-corrected chi connectivity index (χ1v) is 9.73. The van der Waals surface area contributed by atoms with Crippen molar-refractivity contribution in [3.8, 4) is 11.1 Å². The molecule has 10 heteroatoms. The molecule has 0 saturated heterocycles. The van der Waals surface area contributed by atoms with Gasteiger partial charge in [0.15, 0.2) is 0 Å².